The molecule has 0 N–H and O–H groups in total. The molecule has 0 heterocycles. The van der Waals surface area contributed by atoms with Gasteiger partial charge in [-0.3, -0.25) is 4.79 Å². The molecule has 0 fully saturated rings. The predicted octanol–water partition coefficient (Wildman–Crippen LogP) is 6.02. The third-order valence-corrected chi connectivity index (χ3v) is 4.70. The summed E-state index contributed by atoms with van der Waals surface area (Å²) in [4.78, 5) is 10.7. The zero-order valence-corrected chi connectivity index (χ0v) is 17.1. The van der Waals surface area contributed by atoms with E-state index in [1.807, 2.05) is 12.2 Å². The molecule has 2 nitrogen and oxygen atoms in total. The molecule has 0 aromatic carbocycles. The van der Waals surface area contributed by atoms with Crippen molar-refractivity contribution in [3.8, 4) is 0 Å². The van der Waals surface area contributed by atoms with Crippen molar-refractivity contribution in [3.63, 3.8) is 0 Å². The van der Waals surface area contributed by atoms with Crippen LogP contribution in [0.15, 0.2) is 72.9 Å². The van der Waals surface area contributed by atoms with Gasteiger partial charge in [-0.1, -0.05) is 79.8 Å². The highest BCUT2D eigenvalue weighted by Crippen LogP contribution is 2.03. The van der Waals surface area contributed by atoms with Crippen LogP contribution in [-0.2, 0) is 16.0 Å². The molecule has 3 heteroatoms. The van der Waals surface area contributed by atoms with Crippen LogP contribution in [-0.4, -0.2) is 22.3 Å². The molecular weight excluding hydrogens is 340 g/mol. The summed E-state index contributed by atoms with van der Waals surface area (Å²) >= 11 is -1.08. The molecule has 0 spiro atoms. The first kappa shape index (κ1) is 24.4. The molecule has 0 rings (SSSR count). The van der Waals surface area contributed by atoms with Crippen LogP contribution in [0.25, 0.3) is 0 Å². The first-order valence-corrected chi connectivity index (χ1v) is 11.0. The van der Waals surface area contributed by atoms with Gasteiger partial charge in [0.25, 0.3) is 0 Å². The highest BCUT2D eigenvalue weighted by Gasteiger charge is 2.14. The summed E-state index contributed by atoms with van der Waals surface area (Å²) in [6.07, 6.45) is 34.5. The third-order valence-electron chi connectivity index (χ3n) is 3.54. The van der Waals surface area contributed by atoms with Crippen molar-refractivity contribution < 1.29 is 9.35 Å². The van der Waals surface area contributed by atoms with Gasteiger partial charge in [-0.2, -0.15) is 0 Å². The Bertz CT molecular complexity index is 496. The van der Waals surface area contributed by atoms with E-state index < -0.39 is 11.2 Å². The van der Waals surface area contributed by atoms with Crippen molar-refractivity contribution in [3.05, 3.63) is 72.9 Å². The summed E-state index contributed by atoms with van der Waals surface area (Å²) in [6, 6.07) is 0. The Balaban J connectivity index is 3.65. The molecule has 144 valence electrons. The fourth-order valence-corrected chi connectivity index (χ4v) is 2.56. The molecule has 0 amide bonds. The Hall–Kier alpha value is -1.58. The maximum Gasteiger partial charge on any atom is 0.173 e. The molecule has 0 radical (unpaired) electrons. The van der Waals surface area contributed by atoms with Gasteiger partial charge < -0.3 is 4.55 Å². The Morgan fingerprint density at radius 1 is 0.692 bits per heavy atom. The van der Waals surface area contributed by atoms with E-state index in [-0.39, 0.29) is 5.25 Å². The summed E-state index contributed by atoms with van der Waals surface area (Å²) in [5.74, 6) is 0. The molecule has 0 saturated heterocycles. The van der Waals surface area contributed by atoms with E-state index in [4.69, 9.17) is 0 Å². The van der Waals surface area contributed by atoms with E-state index in [9.17, 15) is 9.35 Å². The fourth-order valence-electron chi connectivity index (χ4n) is 2.02. The highest BCUT2D eigenvalue weighted by atomic mass is 32.2. The Kier molecular flexibility index (Phi) is 18.5. The molecule has 2 unspecified atom stereocenters. The monoisotopic (exact) mass is 374 g/mol. The van der Waals surface area contributed by atoms with Gasteiger partial charge in [0.05, 0.1) is 6.26 Å². The second-order valence-corrected chi connectivity index (χ2v) is 7.43. The average Bonchev–Trinajstić information content (AvgIpc) is 2.63. The number of rotatable bonds is 15. The van der Waals surface area contributed by atoms with Crippen molar-refractivity contribution in [2.45, 2.75) is 57.1 Å². The van der Waals surface area contributed by atoms with E-state index in [2.05, 4.69) is 67.7 Å². The number of allylic oxidation sites excluding steroid dienone is 12. The number of aldehydes is 1. The predicted molar refractivity (Wildman–Crippen MR) is 117 cm³/mol. The maximum atomic E-state index is 11.2. The first-order chi connectivity index (χ1) is 12.7. The molecule has 0 aliphatic carbocycles. The lowest BCUT2D eigenvalue weighted by Crippen LogP contribution is -2.20. The van der Waals surface area contributed by atoms with Gasteiger partial charge in [0.1, 0.15) is 0 Å². The van der Waals surface area contributed by atoms with Crippen molar-refractivity contribution in [2.24, 2.45) is 0 Å². The molecule has 0 aromatic rings. The summed E-state index contributed by atoms with van der Waals surface area (Å²) < 4.78 is 11.2. The molecule has 0 bridgehead atoms. The molecular formula is C23H34O2S. The van der Waals surface area contributed by atoms with Gasteiger partial charge >= 0.3 is 0 Å². The summed E-state index contributed by atoms with van der Waals surface area (Å²) in [7, 11) is 0. The normalized spacial score (nSPS) is 15.5. The maximum absolute atomic E-state index is 11.2. The minimum atomic E-state index is -1.08. The minimum absolute atomic E-state index is 0.375. The Labute approximate surface area is 163 Å². The lowest BCUT2D eigenvalue weighted by molar-refractivity contribution is -0.107. The second kappa shape index (κ2) is 19.7. The molecule has 0 aliphatic rings. The zero-order valence-electron chi connectivity index (χ0n) is 16.3. The quantitative estimate of drug-likeness (QED) is 0.200. The topological polar surface area (TPSA) is 40.1 Å². The summed E-state index contributed by atoms with van der Waals surface area (Å²) in [6.45, 7) is 2.15. The smallest absolute Gasteiger partial charge is 0.173 e. The van der Waals surface area contributed by atoms with Crippen molar-refractivity contribution in [1.82, 2.24) is 0 Å². The van der Waals surface area contributed by atoms with Gasteiger partial charge in [-0.05, 0) is 49.7 Å². The number of hydrogen-bond acceptors (Lipinski definition) is 2. The summed E-state index contributed by atoms with van der Waals surface area (Å²) in [5.41, 5.74) is 0. The van der Waals surface area contributed by atoms with Crippen LogP contribution in [0.4, 0.5) is 0 Å². The SMILES string of the molecule is CC/C=C\C/C=C\C/C=C\C/C=C\C/C=C\C/C=C\CC(C=O)[S+](C)[O-]. The van der Waals surface area contributed by atoms with Crippen LogP contribution in [0, 0.1) is 0 Å². The van der Waals surface area contributed by atoms with Crippen LogP contribution in [0.5, 0.6) is 0 Å². The van der Waals surface area contributed by atoms with Gasteiger partial charge in [0, 0.05) is 6.42 Å². The van der Waals surface area contributed by atoms with E-state index in [1.165, 1.54) is 0 Å². The van der Waals surface area contributed by atoms with E-state index in [1.54, 1.807) is 6.26 Å². The van der Waals surface area contributed by atoms with Crippen molar-refractivity contribution in [1.29, 1.82) is 0 Å². The lowest BCUT2D eigenvalue weighted by atomic mass is 10.2. The van der Waals surface area contributed by atoms with Crippen LogP contribution < -0.4 is 0 Å². The van der Waals surface area contributed by atoms with E-state index >= 15 is 0 Å². The number of carbonyl (C=O) groups excluding carboxylic acids is 1. The van der Waals surface area contributed by atoms with Gasteiger partial charge in [0.2, 0.25) is 0 Å². The van der Waals surface area contributed by atoms with Gasteiger partial charge in [0.15, 0.2) is 11.5 Å². The lowest BCUT2D eigenvalue weighted by Gasteiger charge is -2.09. The molecule has 0 aliphatic heterocycles. The van der Waals surface area contributed by atoms with Gasteiger partial charge in [-0.15, -0.1) is 0 Å². The molecule has 26 heavy (non-hydrogen) atoms. The van der Waals surface area contributed by atoms with Crippen LogP contribution in [0.1, 0.15) is 51.9 Å². The zero-order chi connectivity index (χ0) is 19.3. The van der Waals surface area contributed by atoms with Crippen LogP contribution in [0.2, 0.25) is 0 Å². The summed E-state index contributed by atoms with van der Waals surface area (Å²) in [5, 5.41) is -0.375. The largest absolute Gasteiger partial charge is 0.616 e. The minimum Gasteiger partial charge on any atom is -0.616 e. The van der Waals surface area contributed by atoms with Gasteiger partial charge in [-0.25, -0.2) is 0 Å². The van der Waals surface area contributed by atoms with E-state index in [0.29, 0.717) is 6.42 Å². The average molecular weight is 375 g/mol. The number of carbonyl (C=O) groups is 1. The second-order valence-electron chi connectivity index (χ2n) is 5.82. The standard InChI is InChI=1S/C23H34O2S/c1-3-4-5-6-7-8-9-10-11-12-13-14-15-16-17-18-19-20-21-23(22-24)26(2)25/h4-5,7-8,10-11,13-14,16-17,19-20,22-23H,3,6,9,12,15,18,21H2,1-2H3/b5-4-,8-7-,11-10-,14-13-,17-16-,20-19-. The molecule has 2 atom stereocenters. The number of hydrogen-bond donors (Lipinski definition) is 0. The fraction of sp³-hybridized carbons (Fsp3) is 0.435. The van der Waals surface area contributed by atoms with E-state index in [0.717, 1.165) is 44.8 Å². The molecule has 0 saturated carbocycles. The highest BCUT2D eigenvalue weighted by molar-refractivity contribution is 7.91. The first-order valence-electron chi connectivity index (χ1n) is 9.39. The Morgan fingerprint density at radius 2 is 1.04 bits per heavy atom. The Morgan fingerprint density at radius 3 is 1.35 bits per heavy atom. The van der Waals surface area contributed by atoms with Crippen LogP contribution >= 0.6 is 0 Å². The van der Waals surface area contributed by atoms with Crippen molar-refractivity contribution in [2.75, 3.05) is 6.26 Å². The van der Waals surface area contributed by atoms with Crippen LogP contribution in [0.3, 0.4) is 0 Å². The van der Waals surface area contributed by atoms with Crippen molar-refractivity contribution >= 4 is 17.5 Å². The molecule has 0 aromatic heterocycles. The third kappa shape index (κ3) is 17.2.